The molecule has 8 N–H and O–H groups in total. The van der Waals surface area contributed by atoms with E-state index >= 15 is 0 Å². The van der Waals surface area contributed by atoms with Gasteiger partial charge in [0.05, 0.1) is 29.7 Å². The Morgan fingerprint density at radius 3 is 1.81 bits per heavy atom. The molecule has 43 heavy (non-hydrogen) atoms. The maximum absolute atomic E-state index is 10.2. The minimum atomic E-state index is -1.16. The molecule has 3 aromatic heterocycles. The summed E-state index contributed by atoms with van der Waals surface area (Å²) in [4.78, 5) is 18.0. The van der Waals surface area contributed by atoms with Crippen LogP contribution >= 0.6 is 0 Å². The average molecular weight is 597 g/mol. The Labute approximate surface area is 252 Å². The molecule has 1 saturated heterocycles. The smallest absolute Gasteiger partial charge is 0.157 e. The zero-order chi connectivity index (χ0) is 31.0. The van der Waals surface area contributed by atoms with Gasteiger partial charge in [0.1, 0.15) is 12.2 Å². The summed E-state index contributed by atoms with van der Waals surface area (Å²) in [6.07, 6.45) is 2.60. The van der Waals surface area contributed by atoms with Crippen LogP contribution in [0.2, 0.25) is 0 Å². The molecule has 234 valence electrons. The standard InChI is InChI=1S/C29H40N8O4.CH4O/c30-22(17-37(31)21-27-29(40)26(38)15-28(39)41-27)16-35(18-23-7-1-4-10-32-23)13-14-36(19-24-8-2-5-11-33-24)20-25-9-3-6-12-34-25;1-2/h1-12,17,26-29,38-40H,13-16,18-21,30-31H2;2H,1H3/b22-17-;. The molecule has 4 atom stereocenters. The molecule has 1 fully saturated rings. The molecule has 1 aliphatic heterocycles. The molecule has 0 spiro atoms. The van der Waals surface area contributed by atoms with E-state index in [9.17, 15) is 15.3 Å². The highest BCUT2D eigenvalue weighted by Gasteiger charge is 2.36. The van der Waals surface area contributed by atoms with Crippen molar-refractivity contribution in [2.24, 2.45) is 11.6 Å². The highest BCUT2D eigenvalue weighted by molar-refractivity contribution is 5.08. The summed E-state index contributed by atoms with van der Waals surface area (Å²) < 4.78 is 5.36. The lowest BCUT2D eigenvalue weighted by Gasteiger charge is -2.36. The molecule has 0 saturated carbocycles. The van der Waals surface area contributed by atoms with Gasteiger partial charge in [-0.15, -0.1) is 0 Å². The van der Waals surface area contributed by atoms with Crippen molar-refractivity contribution in [2.45, 2.75) is 50.7 Å². The van der Waals surface area contributed by atoms with Crippen molar-refractivity contribution >= 4 is 0 Å². The van der Waals surface area contributed by atoms with Crippen LogP contribution in [0.25, 0.3) is 0 Å². The summed E-state index contributed by atoms with van der Waals surface area (Å²) in [6, 6.07) is 17.6. The van der Waals surface area contributed by atoms with Crippen molar-refractivity contribution in [3.63, 3.8) is 0 Å². The van der Waals surface area contributed by atoms with Crippen molar-refractivity contribution in [3.8, 4) is 0 Å². The number of hydrazine groups is 1. The van der Waals surface area contributed by atoms with Gasteiger partial charge in [0.2, 0.25) is 0 Å². The zero-order valence-corrected chi connectivity index (χ0v) is 24.5. The quantitative estimate of drug-likeness (QED) is 0.106. The van der Waals surface area contributed by atoms with Crippen LogP contribution in [0.3, 0.4) is 0 Å². The zero-order valence-electron chi connectivity index (χ0n) is 24.5. The van der Waals surface area contributed by atoms with E-state index in [2.05, 4.69) is 24.8 Å². The maximum atomic E-state index is 10.2. The lowest BCUT2D eigenvalue weighted by molar-refractivity contribution is -0.234. The first-order valence-electron chi connectivity index (χ1n) is 14.1. The van der Waals surface area contributed by atoms with Gasteiger partial charge in [-0.05, 0) is 36.4 Å². The summed E-state index contributed by atoms with van der Waals surface area (Å²) in [5.41, 5.74) is 9.77. The topological polar surface area (TPSA) is 191 Å². The van der Waals surface area contributed by atoms with Crippen molar-refractivity contribution in [2.75, 3.05) is 33.3 Å². The monoisotopic (exact) mass is 596 g/mol. The number of hydrogen-bond acceptors (Lipinski definition) is 13. The molecule has 4 rings (SSSR count). The number of hydrogen-bond donors (Lipinski definition) is 6. The first-order valence-corrected chi connectivity index (χ1v) is 14.1. The third-order valence-corrected chi connectivity index (χ3v) is 6.75. The average Bonchev–Trinajstić information content (AvgIpc) is 3.00. The molecule has 0 aliphatic carbocycles. The molecule has 0 radical (unpaired) electrons. The molecule has 0 bridgehead atoms. The number of ether oxygens (including phenoxy) is 1. The Morgan fingerprint density at radius 1 is 0.837 bits per heavy atom. The number of rotatable bonds is 14. The molecule has 0 aromatic carbocycles. The normalized spacial score (nSPS) is 20.5. The number of pyridine rings is 3. The highest BCUT2D eigenvalue weighted by Crippen LogP contribution is 2.19. The molecule has 13 nitrogen and oxygen atoms in total. The Kier molecular flexibility index (Phi) is 14.4. The van der Waals surface area contributed by atoms with Gasteiger partial charge in [-0.25, -0.2) is 5.84 Å². The fourth-order valence-electron chi connectivity index (χ4n) is 4.73. The minimum Gasteiger partial charge on any atom is -0.400 e. The van der Waals surface area contributed by atoms with Gasteiger partial charge in [-0.3, -0.25) is 24.8 Å². The van der Waals surface area contributed by atoms with E-state index in [1.807, 2.05) is 54.6 Å². The van der Waals surface area contributed by atoms with Crippen LogP contribution < -0.4 is 11.6 Å². The van der Waals surface area contributed by atoms with Crippen molar-refractivity contribution < 1.29 is 25.2 Å². The lowest BCUT2D eigenvalue weighted by atomic mass is 10.0. The lowest BCUT2D eigenvalue weighted by Crippen LogP contribution is -2.53. The Morgan fingerprint density at radius 2 is 1.33 bits per heavy atom. The molecule has 4 unspecified atom stereocenters. The first kappa shape index (κ1) is 34.0. The number of aliphatic hydroxyl groups excluding tert-OH is 4. The fourth-order valence-corrected chi connectivity index (χ4v) is 4.73. The summed E-state index contributed by atoms with van der Waals surface area (Å²) in [7, 11) is 1.00. The van der Waals surface area contributed by atoms with Crippen LogP contribution in [0.4, 0.5) is 0 Å². The molecule has 1 aliphatic rings. The highest BCUT2D eigenvalue weighted by atomic mass is 16.6. The van der Waals surface area contributed by atoms with E-state index in [1.165, 1.54) is 5.01 Å². The molecule has 13 heteroatoms. The van der Waals surface area contributed by atoms with Crippen LogP contribution in [0.15, 0.2) is 85.1 Å². The van der Waals surface area contributed by atoms with Gasteiger partial charge >= 0.3 is 0 Å². The predicted octanol–water partition coefficient (Wildman–Crippen LogP) is -0.211. The molecule has 3 aromatic rings. The maximum Gasteiger partial charge on any atom is 0.157 e. The number of aliphatic hydroxyl groups is 4. The van der Waals surface area contributed by atoms with Gasteiger partial charge in [0, 0.05) is 83.3 Å². The van der Waals surface area contributed by atoms with Crippen LogP contribution in [-0.4, -0.2) is 108 Å². The number of nitrogens with two attached hydrogens (primary N) is 2. The Bertz CT molecular complexity index is 1150. The van der Waals surface area contributed by atoms with Crippen LogP contribution in [0.5, 0.6) is 0 Å². The van der Waals surface area contributed by atoms with Crippen molar-refractivity contribution in [3.05, 3.63) is 102 Å². The van der Waals surface area contributed by atoms with Crippen LogP contribution in [0, 0.1) is 0 Å². The van der Waals surface area contributed by atoms with E-state index < -0.39 is 24.6 Å². The minimum absolute atomic E-state index is 0.0398. The number of aromatic nitrogens is 3. The third-order valence-electron chi connectivity index (χ3n) is 6.75. The van der Waals surface area contributed by atoms with Gasteiger partial charge in [0.15, 0.2) is 6.29 Å². The summed E-state index contributed by atoms with van der Waals surface area (Å²) in [6.45, 7) is 3.75. The summed E-state index contributed by atoms with van der Waals surface area (Å²) in [5.74, 6) is 6.15. The van der Waals surface area contributed by atoms with Gasteiger partial charge < -0.3 is 35.9 Å². The van der Waals surface area contributed by atoms with Crippen molar-refractivity contribution in [1.82, 2.24) is 29.8 Å². The van der Waals surface area contributed by atoms with E-state index in [0.29, 0.717) is 38.4 Å². The van der Waals surface area contributed by atoms with E-state index in [-0.39, 0.29) is 13.0 Å². The Hall–Kier alpha value is -3.53. The second-order valence-electron chi connectivity index (χ2n) is 10.2. The van der Waals surface area contributed by atoms with Crippen LogP contribution in [0.1, 0.15) is 23.5 Å². The Balaban J connectivity index is 0.00000248. The first-order chi connectivity index (χ1) is 20.9. The molecular weight excluding hydrogens is 552 g/mol. The van der Waals surface area contributed by atoms with Gasteiger partial charge in [0.25, 0.3) is 0 Å². The van der Waals surface area contributed by atoms with E-state index in [1.54, 1.807) is 24.8 Å². The fraction of sp³-hybridized carbons (Fsp3) is 0.433. The third kappa shape index (κ3) is 11.9. The number of nitrogens with zero attached hydrogens (tertiary/aromatic N) is 6. The largest absolute Gasteiger partial charge is 0.400 e. The molecule has 4 heterocycles. The van der Waals surface area contributed by atoms with E-state index in [4.69, 9.17) is 21.4 Å². The molecule has 0 amide bonds. The second-order valence-corrected chi connectivity index (χ2v) is 10.2. The van der Waals surface area contributed by atoms with Gasteiger partial charge in [-0.1, -0.05) is 18.2 Å². The summed E-state index contributed by atoms with van der Waals surface area (Å²) >= 11 is 0. The SMILES string of the molecule is CO.N/C(=C\N(N)CC1OC(O)CC(O)C1O)CN(CCN(Cc1ccccn1)Cc1ccccn1)Cc1ccccn1. The van der Waals surface area contributed by atoms with Crippen molar-refractivity contribution in [1.29, 1.82) is 0 Å². The predicted molar refractivity (Wildman–Crippen MR) is 161 cm³/mol. The summed E-state index contributed by atoms with van der Waals surface area (Å²) in [5, 5.41) is 38.3. The van der Waals surface area contributed by atoms with E-state index in [0.717, 1.165) is 30.7 Å². The van der Waals surface area contributed by atoms with Gasteiger partial charge in [-0.2, -0.15) is 0 Å². The second kappa shape index (κ2) is 18.2. The molecular formula is C30H44N8O5. The van der Waals surface area contributed by atoms with Crippen LogP contribution in [-0.2, 0) is 24.4 Å².